The van der Waals surface area contributed by atoms with E-state index in [9.17, 15) is 0 Å². The first-order chi connectivity index (χ1) is 5.97. The molecule has 58 valence electrons. The van der Waals surface area contributed by atoms with Gasteiger partial charge in [-0.2, -0.15) is 0 Å². The lowest BCUT2D eigenvalue weighted by atomic mass is 10.2. The van der Waals surface area contributed by atoms with Crippen molar-refractivity contribution in [1.82, 2.24) is 0 Å². The summed E-state index contributed by atoms with van der Waals surface area (Å²) in [6.45, 7) is 0. The number of benzene rings is 1. The zero-order valence-electron chi connectivity index (χ0n) is 6.77. The highest BCUT2D eigenvalue weighted by Gasteiger charge is 1.91. The van der Waals surface area contributed by atoms with Gasteiger partial charge in [0.2, 0.25) is 0 Å². The summed E-state index contributed by atoms with van der Waals surface area (Å²) in [5.74, 6) is 0. The first-order valence-electron chi connectivity index (χ1n) is 4.07. The van der Waals surface area contributed by atoms with Crippen LogP contribution in [0.15, 0.2) is 47.8 Å². The Morgan fingerprint density at radius 2 is 1.42 bits per heavy atom. The first kappa shape index (κ1) is 7.77. The van der Waals surface area contributed by atoms with E-state index in [1.54, 1.807) is 4.79 Å². The van der Waals surface area contributed by atoms with E-state index >= 15 is 0 Å². The Labute approximate surface area is 76.8 Å². The third-order valence-corrected chi connectivity index (χ3v) is 5.25. The first-order valence-corrected chi connectivity index (χ1v) is 6.56. The predicted molar refractivity (Wildman–Crippen MR) is 57.4 cm³/mol. The van der Waals surface area contributed by atoms with E-state index in [4.69, 9.17) is 0 Å². The van der Waals surface area contributed by atoms with Crippen LogP contribution in [0.3, 0.4) is 0 Å². The lowest BCUT2D eigenvalue weighted by molar-refractivity contribution is 1.72. The van der Waals surface area contributed by atoms with E-state index in [-0.39, 0.29) is 0 Å². The lowest BCUT2D eigenvalue weighted by Crippen LogP contribution is -1.86. The maximum Gasteiger partial charge on any atom is 0.0239 e. The number of hydrogen-bond acceptors (Lipinski definition) is 0. The summed E-state index contributed by atoms with van der Waals surface area (Å²) in [5.41, 5.74) is 6.10. The van der Waals surface area contributed by atoms with Gasteiger partial charge < -0.3 is 0 Å². The molecular weight excluding hydrogens is 176 g/mol. The van der Waals surface area contributed by atoms with Gasteiger partial charge in [-0.3, -0.25) is 0 Å². The summed E-state index contributed by atoms with van der Waals surface area (Å²) in [7, 11) is 0.878. The third kappa shape index (κ3) is 1.65. The summed E-state index contributed by atoms with van der Waals surface area (Å²) in [6.07, 6.45) is 0. The minimum atomic E-state index is 0.439. The van der Waals surface area contributed by atoms with Crippen molar-refractivity contribution in [3.05, 3.63) is 47.8 Å². The van der Waals surface area contributed by atoms with Crippen LogP contribution in [0.2, 0.25) is 0 Å². The van der Waals surface area contributed by atoms with Gasteiger partial charge in [-0.05, 0) is 5.56 Å². The molecule has 0 nitrogen and oxygen atoms in total. The van der Waals surface area contributed by atoms with Crippen molar-refractivity contribution in [3.8, 4) is 10.3 Å². The van der Waals surface area contributed by atoms with Crippen molar-refractivity contribution < 1.29 is 0 Å². The van der Waals surface area contributed by atoms with Gasteiger partial charge >= 0.3 is 0 Å². The van der Waals surface area contributed by atoms with Crippen LogP contribution in [0.4, 0.5) is 0 Å². The molecule has 2 heteroatoms. The summed E-state index contributed by atoms with van der Waals surface area (Å²) in [6, 6.07) is 13.0. The Bertz CT molecular complexity index is 305. The number of hydrogen-bond donors (Lipinski definition) is 0. The minimum Gasteiger partial charge on any atom is -0.0807 e. The van der Waals surface area contributed by atoms with Crippen molar-refractivity contribution in [2.24, 2.45) is 0 Å². The number of rotatable bonds is 1. The van der Waals surface area contributed by atoms with Crippen molar-refractivity contribution in [3.63, 3.8) is 0 Å². The molecule has 0 unspecified atom stereocenters. The lowest BCUT2D eigenvalue weighted by Gasteiger charge is -1.98. The monoisotopic (exact) mass is 186 g/mol. The Kier molecular flexibility index (Phi) is 2.39. The molecule has 0 saturated carbocycles. The van der Waals surface area contributed by atoms with Crippen LogP contribution < -0.4 is 0 Å². The van der Waals surface area contributed by atoms with E-state index in [2.05, 4.69) is 47.8 Å². The highest BCUT2D eigenvalue weighted by atomic mass is 28.2. The Morgan fingerprint density at radius 3 is 2.08 bits per heavy atom. The molecular formula is C10H10Si2. The van der Waals surface area contributed by atoms with Crippen molar-refractivity contribution in [2.45, 2.75) is 0 Å². The van der Waals surface area contributed by atoms with Crippen molar-refractivity contribution in [2.75, 3.05) is 0 Å². The Morgan fingerprint density at radius 1 is 0.750 bits per heavy atom. The van der Waals surface area contributed by atoms with Gasteiger partial charge in [0.15, 0.2) is 0 Å². The molecule has 0 fully saturated rings. The minimum absolute atomic E-state index is 0.439. The highest BCUT2D eigenvalue weighted by molar-refractivity contribution is 6.59. The fourth-order valence-electron chi connectivity index (χ4n) is 1.26. The van der Waals surface area contributed by atoms with Crippen molar-refractivity contribution in [1.29, 1.82) is 0 Å². The average Bonchev–Trinajstić information content (AvgIpc) is 2.21. The van der Waals surface area contributed by atoms with E-state index in [1.165, 1.54) is 5.56 Å². The van der Waals surface area contributed by atoms with Gasteiger partial charge in [-0.15, -0.1) is 0 Å². The highest BCUT2D eigenvalue weighted by Crippen LogP contribution is 2.10. The van der Waals surface area contributed by atoms with Crippen LogP contribution in [-0.4, -0.2) is 18.2 Å². The van der Waals surface area contributed by atoms with E-state index < -0.39 is 0 Å². The molecule has 0 bridgehead atoms. The zero-order valence-corrected chi connectivity index (χ0v) is 9.08. The van der Waals surface area contributed by atoms with Gasteiger partial charge in [-0.25, -0.2) is 0 Å². The maximum absolute atomic E-state index is 2.32. The maximum atomic E-state index is 2.32. The molecule has 1 heterocycles. The summed E-state index contributed by atoms with van der Waals surface area (Å²) in [5, 5.41) is 0. The van der Waals surface area contributed by atoms with Crippen LogP contribution in [0, 0.1) is 0 Å². The third-order valence-electron chi connectivity index (χ3n) is 1.88. The Balaban J connectivity index is 2.46. The summed E-state index contributed by atoms with van der Waals surface area (Å²) < 4.78 is 0. The van der Waals surface area contributed by atoms with E-state index in [1.807, 2.05) is 0 Å². The molecule has 0 amide bonds. The molecule has 0 N–H and O–H groups in total. The van der Waals surface area contributed by atoms with Crippen LogP contribution in [0.5, 0.6) is 0 Å². The average molecular weight is 186 g/mol. The molecule has 0 aliphatic heterocycles. The van der Waals surface area contributed by atoms with Gasteiger partial charge in [0.25, 0.3) is 0 Å². The van der Waals surface area contributed by atoms with E-state index in [0.717, 1.165) is 0 Å². The van der Waals surface area contributed by atoms with Gasteiger partial charge in [0.1, 0.15) is 0 Å². The van der Waals surface area contributed by atoms with Gasteiger partial charge in [0, 0.05) is 18.2 Å². The molecule has 0 aliphatic carbocycles. The SMILES string of the molecule is c1ccc(-c2[siH]ccc[siH]2)cc1. The molecule has 2 aromatic rings. The van der Waals surface area contributed by atoms with Crippen molar-refractivity contribution >= 4 is 18.2 Å². The molecule has 2 rings (SSSR count). The van der Waals surface area contributed by atoms with Crippen LogP contribution in [-0.2, 0) is 0 Å². The smallest absolute Gasteiger partial charge is 0.0239 e. The van der Waals surface area contributed by atoms with Crippen LogP contribution in [0.1, 0.15) is 0 Å². The molecule has 0 atom stereocenters. The fourth-order valence-corrected chi connectivity index (χ4v) is 4.29. The molecule has 0 aliphatic rings. The molecule has 0 saturated heterocycles. The quantitative estimate of drug-likeness (QED) is 0.592. The molecule has 0 radical (unpaired) electrons. The molecule has 1 aromatic carbocycles. The second-order valence-electron chi connectivity index (χ2n) is 2.73. The van der Waals surface area contributed by atoms with Gasteiger partial charge in [-0.1, -0.05) is 52.5 Å². The normalized spacial score (nSPS) is 9.67. The van der Waals surface area contributed by atoms with Crippen LogP contribution >= 0.6 is 0 Å². The van der Waals surface area contributed by atoms with Crippen LogP contribution in [0.25, 0.3) is 10.3 Å². The largest absolute Gasteiger partial charge is 0.0807 e. The van der Waals surface area contributed by atoms with E-state index in [0.29, 0.717) is 18.2 Å². The standard InChI is InChI=1S/C10H10Si2/c1-2-5-9(6-3-1)10-11-7-4-8-12-10/h1-8,11-12H. The second-order valence-corrected chi connectivity index (χ2v) is 6.08. The zero-order chi connectivity index (χ0) is 8.23. The topological polar surface area (TPSA) is 0 Å². The molecule has 0 spiro atoms. The van der Waals surface area contributed by atoms with Gasteiger partial charge in [0.05, 0.1) is 0 Å². The fraction of sp³-hybridized carbons (Fsp3) is 0. The molecule has 1 aromatic heterocycles. The predicted octanol–water partition coefficient (Wildman–Crippen LogP) is 1.49. The summed E-state index contributed by atoms with van der Waals surface area (Å²) in [4.78, 5) is 1.69. The summed E-state index contributed by atoms with van der Waals surface area (Å²) >= 11 is 0. The second kappa shape index (κ2) is 3.69. The molecule has 12 heavy (non-hydrogen) atoms. The Hall–Kier alpha value is -0.866.